The second kappa shape index (κ2) is 9.45. The average molecular weight is 422 g/mol. The van der Waals surface area contributed by atoms with Gasteiger partial charge in [-0.15, -0.1) is 0 Å². The normalized spacial score (nSPS) is 18.2. The van der Waals surface area contributed by atoms with Crippen LogP contribution in [0.4, 0.5) is 5.69 Å². The van der Waals surface area contributed by atoms with Crippen LogP contribution in [0.1, 0.15) is 37.9 Å². The number of fused-ring (bicyclic) bond motifs is 1. The molecule has 5 rings (SSSR count). The predicted molar refractivity (Wildman–Crippen MR) is 127 cm³/mol. The number of aromatic nitrogens is 2. The molecule has 6 nitrogen and oxygen atoms in total. The van der Waals surface area contributed by atoms with Gasteiger partial charge in [-0.25, -0.2) is 0 Å². The van der Waals surface area contributed by atoms with Crippen molar-refractivity contribution in [1.82, 2.24) is 20.0 Å². The molecule has 2 aliphatic rings. The van der Waals surface area contributed by atoms with Gasteiger partial charge in [-0.05, 0) is 102 Å². The van der Waals surface area contributed by atoms with E-state index < -0.39 is 0 Å². The lowest BCUT2D eigenvalue weighted by atomic mass is 9.98. The molecule has 166 valence electrons. The summed E-state index contributed by atoms with van der Waals surface area (Å²) in [6.45, 7) is 9.90. The molecule has 4 heterocycles. The molecule has 0 spiro atoms. The maximum atomic E-state index is 5.96. The van der Waals surface area contributed by atoms with Gasteiger partial charge in [-0.2, -0.15) is 5.10 Å². The summed E-state index contributed by atoms with van der Waals surface area (Å²) in [5.74, 6) is 2.59. The van der Waals surface area contributed by atoms with E-state index in [1.54, 1.807) is 0 Å². The van der Waals surface area contributed by atoms with E-state index in [9.17, 15) is 0 Å². The van der Waals surface area contributed by atoms with Crippen molar-refractivity contribution in [3.8, 4) is 11.3 Å². The SMILES string of the molecule is Cc1ccc(-c2cc(NCC3CCNCC3)c3cnn(CCCN4CCCC4)c3c2)o1. The molecule has 0 saturated carbocycles. The van der Waals surface area contributed by atoms with Gasteiger partial charge in [0.15, 0.2) is 0 Å². The van der Waals surface area contributed by atoms with E-state index in [1.807, 2.05) is 19.2 Å². The third-order valence-electron chi connectivity index (χ3n) is 6.87. The number of benzene rings is 1. The van der Waals surface area contributed by atoms with Gasteiger partial charge < -0.3 is 20.0 Å². The molecule has 0 bridgehead atoms. The number of furan rings is 1. The largest absolute Gasteiger partial charge is 0.461 e. The fourth-order valence-corrected chi connectivity index (χ4v) is 5.02. The van der Waals surface area contributed by atoms with Crippen molar-refractivity contribution < 1.29 is 4.42 Å². The predicted octanol–water partition coefficient (Wildman–Crippen LogP) is 4.50. The van der Waals surface area contributed by atoms with E-state index in [4.69, 9.17) is 9.52 Å². The number of hydrogen-bond donors (Lipinski definition) is 2. The maximum Gasteiger partial charge on any atom is 0.134 e. The topological polar surface area (TPSA) is 58.3 Å². The Balaban J connectivity index is 1.39. The van der Waals surface area contributed by atoms with Crippen LogP contribution in [0.15, 0.2) is 34.9 Å². The molecule has 0 radical (unpaired) electrons. The summed E-state index contributed by atoms with van der Waals surface area (Å²) in [7, 11) is 0. The molecule has 0 aliphatic carbocycles. The summed E-state index contributed by atoms with van der Waals surface area (Å²) >= 11 is 0. The average Bonchev–Trinajstić information content (AvgIpc) is 3.55. The molecule has 2 aromatic heterocycles. The number of hydrogen-bond acceptors (Lipinski definition) is 5. The van der Waals surface area contributed by atoms with Gasteiger partial charge in [0.1, 0.15) is 11.5 Å². The van der Waals surface area contributed by atoms with E-state index in [2.05, 4.69) is 38.4 Å². The lowest BCUT2D eigenvalue weighted by Gasteiger charge is -2.23. The van der Waals surface area contributed by atoms with Crippen LogP contribution in [-0.4, -0.2) is 53.9 Å². The number of nitrogens with one attached hydrogen (secondary N) is 2. The van der Waals surface area contributed by atoms with Crippen LogP contribution in [0.3, 0.4) is 0 Å². The Morgan fingerprint density at radius 1 is 1.13 bits per heavy atom. The zero-order chi connectivity index (χ0) is 21.0. The van der Waals surface area contributed by atoms with E-state index in [-0.39, 0.29) is 0 Å². The van der Waals surface area contributed by atoms with Gasteiger partial charge in [0, 0.05) is 29.7 Å². The Morgan fingerprint density at radius 2 is 1.97 bits per heavy atom. The van der Waals surface area contributed by atoms with Crippen molar-refractivity contribution in [2.75, 3.05) is 44.6 Å². The third-order valence-corrected chi connectivity index (χ3v) is 6.87. The number of piperidine rings is 1. The molecule has 2 aliphatic heterocycles. The summed E-state index contributed by atoms with van der Waals surface area (Å²) in [6.07, 6.45) is 8.35. The second-order valence-electron chi connectivity index (χ2n) is 9.21. The van der Waals surface area contributed by atoms with Crippen molar-refractivity contribution in [1.29, 1.82) is 0 Å². The molecule has 6 heteroatoms. The fourth-order valence-electron chi connectivity index (χ4n) is 5.02. The molecule has 3 aromatic rings. The summed E-state index contributed by atoms with van der Waals surface area (Å²) in [5, 5.41) is 13.2. The van der Waals surface area contributed by atoms with Crippen molar-refractivity contribution in [2.45, 2.75) is 45.6 Å². The minimum atomic E-state index is 0.723. The molecule has 2 N–H and O–H groups in total. The van der Waals surface area contributed by atoms with Crippen LogP contribution in [-0.2, 0) is 6.54 Å². The smallest absolute Gasteiger partial charge is 0.134 e. The lowest BCUT2D eigenvalue weighted by molar-refractivity contribution is 0.323. The summed E-state index contributed by atoms with van der Waals surface area (Å²) < 4.78 is 8.14. The zero-order valence-electron chi connectivity index (χ0n) is 18.7. The number of anilines is 1. The fraction of sp³-hybridized carbons (Fsp3) is 0.560. The van der Waals surface area contributed by atoms with Gasteiger partial charge in [0.25, 0.3) is 0 Å². The highest BCUT2D eigenvalue weighted by molar-refractivity contribution is 5.95. The second-order valence-corrected chi connectivity index (χ2v) is 9.21. The molecule has 31 heavy (non-hydrogen) atoms. The first kappa shape index (κ1) is 20.6. The number of nitrogens with zero attached hydrogens (tertiary/aromatic N) is 3. The minimum absolute atomic E-state index is 0.723. The zero-order valence-corrected chi connectivity index (χ0v) is 18.7. The highest BCUT2D eigenvalue weighted by atomic mass is 16.3. The van der Waals surface area contributed by atoms with Gasteiger partial charge in [-0.3, -0.25) is 4.68 Å². The van der Waals surface area contributed by atoms with Crippen LogP contribution < -0.4 is 10.6 Å². The Bertz CT molecular complexity index is 995. The lowest BCUT2D eigenvalue weighted by Crippen LogP contribution is -2.31. The molecule has 2 fully saturated rings. The summed E-state index contributed by atoms with van der Waals surface area (Å²) in [5.41, 5.74) is 3.49. The highest BCUT2D eigenvalue weighted by Gasteiger charge is 2.17. The minimum Gasteiger partial charge on any atom is -0.461 e. The number of rotatable bonds is 8. The maximum absolute atomic E-state index is 5.96. The van der Waals surface area contributed by atoms with E-state index in [1.165, 1.54) is 61.9 Å². The quantitative estimate of drug-likeness (QED) is 0.561. The van der Waals surface area contributed by atoms with Crippen LogP contribution in [0, 0.1) is 12.8 Å². The van der Waals surface area contributed by atoms with Gasteiger partial charge in [-0.1, -0.05) is 0 Å². The van der Waals surface area contributed by atoms with Crippen molar-refractivity contribution in [2.24, 2.45) is 5.92 Å². The van der Waals surface area contributed by atoms with Crippen molar-refractivity contribution in [3.63, 3.8) is 0 Å². The molecule has 0 amide bonds. The van der Waals surface area contributed by atoms with E-state index in [0.29, 0.717) is 0 Å². The first-order valence-corrected chi connectivity index (χ1v) is 12.0. The first-order chi connectivity index (χ1) is 15.3. The Labute approximate surface area is 185 Å². The highest BCUT2D eigenvalue weighted by Crippen LogP contribution is 2.32. The Hall–Kier alpha value is -2.31. The first-order valence-electron chi connectivity index (χ1n) is 12.0. The molecular weight excluding hydrogens is 386 g/mol. The summed E-state index contributed by atoms with van der Waals surface area (Å²) in [6, 6.07) is 8.58. The molecular formula is C25H35N5O. The molecule has 2 saturated heterocycles. The monoisotopic (exact) mass is 421 g/mol. The summed E-state index contributed by atoms with van der Waals surface area (Å²) in [4.78, 5) is 2.58. The van der Waals surface area contributed by atoms with Gasteiger partial charge in [0.05, 0.1) is 11.7 Å². The number of aryl methyl sites for hydroxylation is 2. The van der Waals surface area contributed by atoms with E-state index in [0.717, 1.165) is 55.6 Å². The van der Waals surface area contributed by atoms with Crippen LogP contribution >= 0.6 is 0 Å². The molecule has 0 unspecified atom stereocenters. The van der Waals surface area contributed by atoms with Crippen LogP contribution in [0.2, 0.25) is 0 Å². The molecule has 0 atom stereocenters. The van der Waals surface area contributed by atoms with Gasteiger partial charge >= 0.3 is 0 Å². The van der Waals surface area contributed by atoms with Crippen LogP contribution in [0.5, 0.6) is 0 Å². The molecule has 1 aromatic carbocycles. The van der Waals surface area contributed by atoms with Crippen molar-refractivity contribution >= 4 is 16.6 Å². The Morgan fingerprint density at radius 3 is 2.74 bits per heavy atom. The number of likely N-dealkylation sites (tertiary alicyclic amines) is 1. The Kier molecular flexibility index (Phi) is 6.27. The third kappa shape index (κ3) is 4.80. The van der Waals surface area contributed by atoms with E-state index >= 15 is 0 Å². The standard InChI is InChI=1S/C25H35N5O/c1-19-5-6-25(31-19)21-15-23(27-17-20-7-9-26-10-8-20)22-18-28-30(24(22)16-21)14-4-13-29-11-2-3-12-29/h5-6,15-16,18,20,26-27H,2-4,7-14,17H2,1H3. The van der Waals surface area contributed by atoms with Crippen LogP contribution in [0.25, 0.3) is 22.2 Å². The van der Waals surface area contributed by atoms with Crippen molar-refractivity contribution in [3.05, 3.63) is 36.2 Å². The van der Waals surface area contributed by atoms with Gasteiger partial charge in [0.2, 0.25) is 0 Å².